The molecule has 0 amide bonds. The third kappa shape index (κ3) is 1.62. The summed E-state index contributed by atoms with van der Waals surface area (Å²) in [6.45, 7) is 1.84. The lowest BCUT2D eigenvalue weighted by molar-refractivity contribution is 0.808. The van der Waals surface area contributed by atoms with Crippen molar-refractivity contribution in [3.05, 3.63) is 29.7 Å². The summed E-state index contributed by atoms with van der Waals surface area (Å²) in [5, 5.41) is 12.7. The highest BCUT2D eigenvalue weighted by atomic mass is 15.4. The number of nitrogen functional groups attached to an aromatic ring is 1. The zero-order valence-electron chi connectivity index (χ0n) is 8.05. The number of aryl methyl sites for hydroxylation is 1. The number of nitrogens with two attached hydrogens (primary N) is 1. The van der Waals surface area contributed by atoms with Crippen molar-refractivity contribution in [1.82, 2.24) is 19.7 Å². The minimum absolute atomic E-state index is 0.298. The van der Waals surface area contributed by atoms with Gasteiger partial charge in [-0.3, -0.25) is 0 Å². The van der Waals surface area contributed by atoms with Crippen LogP contribution in [0.25, 0.3) is 5.95 Å². The van der Waals surface area contributed by atoms with Gasteiger partial charge in [-0.15, -0.1) is 5.10 Å². The van der Waals surface area contributed by atoms with Crippen LogP contribution >= 0.6 is 0 Å². The third-order valence-electron chi connectivity index (χ3n) is 1.90. The van der Waals surface area contributed by atoms with Crippen molar-refractivity contribution >= 4 is 5.82 Å². The normalized spacial score (nSPS) is 9.87. The Kier molecular flexibility index (Phi) is 2.06. The Labute approximate surface area is 86.0 Å². The summed E-state index contributed by atoms with van der Waals surface area (Å²) in [5.74, 6) is 0.773. The van der Waals surface area contributed by atoms with Crippen molar-refractivity contribution in [2.75, 3.05) is 5.73 Å². The largest absolute Gasteiger partial charge is 0.382 e. The molecule has 0 bridgehead atoms. The maximum Gasteiger partial charge on any atom is 0.251 e. The highest BCUT2D eigenvalue weighted by molar-refractivity contribution is 5.37. The van der Waals surface area contributed by atoms with E-state index in [1.54, 1.807) is 6.20 Å². The van der Waals surface area contributed by atoms with Crippen LogP contribution in [0, 0.1) is 18.3 Å². The molecule has 0 aliphatic heterocycles. The van der Waals surface area contributed by atoms with Crippen LogP contribution in [-0.2, 0) is 0 Å². The average molecular weight is 200 g/mol. The van der Waals surface area contributed by atoms with E-state index < -0.39 is 0 Å². The Bertz CT molecular complexity index is 516. The predicted octanol–water partition coefficient (Wildman–Crippen LogP) is 0.425. The van der Waals surface area contributed by atoms with Crippen LogP contribution in [0.1, 0.15) is 11.3 Å². The van der Waals surface area contributed by atoms with E-state index in [4.69, 9.17) is 11.0 Å². The minimum atomic E-state index is 0.298. The summed E-state index contributed by atoms with van der Waals surface area (Å²) in [6.07, 6.45) is 3.22. The van der Waals surface area contributed by atoms with Gasteiger partial charge in [0.25, 0.3) is 5.95 Å². The lowest BCUT2D eigenvalue weighted by atomic mass is 10.4. The van der Waals surface area contributed by atoms with Crippen molar-refractivity contribution in [3.63, 3.8) is 0 Å². The fraction of sp³-hybridized carbons (Fsp3) is 0.111. The minimum Gasteiger partial charge on any atom is -0.382 e. The first kappa shape index (κ1) is 9.15. The van der Waals surface area contributed by atoms with Crippen LogP contribution in [0.5, 0.6) is 0 Å². The molecule has 0 fully saturated rings. The van der Waals surface area contributed by atoms with Crippen LogP contribution in [0.15, 0.2) is 18.5 Å². The number of anilines is 1. The molecular formula is C9H8N6. The zero-order valence-corrected chi connectivity index (χ0v) is 8.05. The molecule has 0 unspecified atom stereocenters. The van der Waals surface area contributed by atoms with E-state index in [1.807, 2.05) is 13.0 Å². The SMILES string of the molecule is Cc1cn(-c2nccc(C#N)n2)nc1N. The second-order valence-electron chi connectivity index (χ2n) is 3.00. The Balaban J connectivity index is 2.50. The predicted molar refractivity (Wildman–Crippen MR) is 53.0 cm³/mol. The van der Waals surface area contributed by atoms with E-state index in [0.29, 0.717) is 17.5 Å². The van der Waals surface area contributed by atoms with E-state index in [-0.39, 0.29) is 0 Å². The summed E-state index contributed by atoms with van der Waals surface area (Å²) < 4.78 is 1.45. The maximum absolute atomic E-state index is 8.67. The van der Waals surface area contributed by atoms with Gasteiger partial charge in [0.2, 0.25) is 0 Å². The molecule has 6 nitrogen and oxygen atoms in total. The van der Waals surface area contributed by atoms with Gasteiger partial charge in [0, 0.05) is 18.0 Å². The van der Waals surface area contributed by atoms with Crippen LogP contribution < -0.4 is 5.73 Å². The van der Waals surface area contributed by atoms with Crippen molar-refractivity contribution < 1.29 is 0 Å². The quantitative estimate of drug-likeness (QED) is 0.720. The van der Waals surface area contributed by atoms with Gasteiger partial charge >= 0.3 is 0 Å². The Morgan fingerprint density at radius 2 is 2.33 bits per heavy atom. The smallest absolute Gasteiger partial charge is 0.251 e. The lowest BCUT2D eigenvalue weighted by Crippen LogP contribution is -2.03. The van der Waals surface area contributed by atoms with Crippen molar-refractivity contribution in [1.29, 1.82) is 5.26 Å². The summed E-state index contributed by atoms with van der Waals surface area (Å²) in [5.41, 5.74) is 6.74. The second-order valence-corrected chi connectivity index (χ2v) is 3.00. The van der Waals surface area contributed by atoms with Gasteiger partial charge in [0.05, 0.1) is 0 Å². The monoisotopic (exact) mass is 200 g/mol. The molecule has 2 heterocycles. The maximum atomic E-state index is 8.67. The van der Waals surface area contributed by atoms with Gasteiger partial charge in [0.1, 0.15) is 17.6 Å². The fourth-order valence-corrected chi connectivity index (χ4v) is 1.10. The van der Waals surface area contributed by atoms with E-state index in [1.165, 1.54) is 16.9 Å². The van der Waals surface area contributed by atoms with Crippen LogP contribution in [-0.4, -0.2) is 19.7 Å². The Hall–Kier alpha value is -2.42. The van der Waals surface area contributed by atoms with Gasteiger partial charge in [0.15, 0.2) is 0 Å². The van der Waals surface area contributed by atoms with E-state index >= 15 is 0 Å². The molecule has 6 heteroatoms. The molecule has 15 heavy (non-hydrogen) atoms. The molecule has 2 aromatic rings. The molecule has 2 N–H and O–H groups in total. The fourth-order valence-electron chi connectivity index (χ4n) is 1.10. The van der Waals surface area contributed by atoms with Crippen molar-refractivity contribution in [2.24, 2.45) is 0 Å². The van der Waals surface area contributed by atoms with Crippen molar-refractivity contribution in [2.45, 2.75) is 6.92 Å². The Morgan fingerprint density at radius 1 is 1.53 bits per heavy atom. The van der Waals surface area contributed by atoms with Crippen LogP contribution in [0.4, 0.5) is 5.82 Å². The van der Waals surface area contributed by atoms with Gasteiger partial charge < -0.3 is 5.73 Å². The third-order valence-corrected chi connectivity index (χ3v) is 1.90. The van der Waals surface area contributed by atoms with Gasteiger partial charge in [-0.1, -0.05) is 0 Å². The molecule has 0 aliphatic rings. The molecule has 0 saturated heterocycles. The van der Waals surface area contributed by atoms with Crippen LogP contribution in [0.2, 0.25) is 0 Å². The number of hydrogen-bond acceptors (Lipinski definition) is 5. The summed E-state index contributed by atoms with van der Waals surface area (Å²) in [4.78, 5) is 7.98. The molecular weight excluding hydrogens is 192 g/mol. The number of aromatic nitrogens is 4. The number of hydrogen-bond donors (Lipinski definition) is 1. The zero-order chi connectivity index (χ0) is 10.8. The first-order chi connectivity index (χ1) is 7.20. The standard InChI is InChI=1S/C9H8N6/c1-6-5-15(14-8(6)11)9-12-3-2-7(4-10)13-9/h2-3,5H,1H3,(H2,11,14). The summed E-state index contributed by atoms with van der Waals surface area (Å²) in [7, 11) is 0. The van der Waals surface area contributed by atoms with Gasteiger partial charge in [-0.05, 0) is 13.0 Å². The molecule has 0 radical (unpaired) electrons. The lowest BCUT2D eigenvalue weighted by Gasteiger charge is -1.97. The van der Waals surface area contributed by atoms with Gasteiger partial charge in [-0.25, -0.2) is 14.6 Å². The van der Waals surface area contributed by atoms with E-state index in [2.05, 4.69) is 15.1 Å². The number of rotatable bonds is 1. The topological polar surface area (TPSA) is 93.4 Å². The molecule has 0 atom stereocenters. The van der Waals surface area contributed by atoms with E-state index in [0.717, 1.165) is 5.56 Å². The molecule has 2 aromatic heterocycles. The summed E-state index contributed by atoms with van der Waals surface area (Å²) >= 11 is 0. The first-order valence-electron chi connectivity index (χ1n) is 4.26. The van der Waals surface area contributed by atoms with E-state index in [9.17, 15) is 0 Å². The van der Waals surface area contributed by atoms with Crippen molar-refractivity contribution in [3.8, 4) is 12.0 Å². The number of nitriles is 1. The summed E-state index contributed by atoms with van der Waals surface area (Å²) in [6, 6.07) is 3.47. The highest BCUT2D eigenvalue weighted by Gasteiger charge is 2.05. The molecule has 74 valence electrons. The molecule has 0 aliphatic carbocycles. The molecule has 0 saturated carbocycles. The molecule has 2 rings (SSSR count). The van der Waals surface area contributed by atoms with Gasteiger partial charge in [-0.2, -0.15) is 5.26 Å². The first-order valence-corrected chi connectivity index (χ1v) is 4.26. The molecule has 0 spiro atoms. The average Bonchev–Trinajstić information content (AvgIpc) is 2.59. The van der Waals surface area contributed by atoms with Crippen LogP contribution in [0.3, 0.4) is 0 Å². The molecule has 0 aromatic carbocycles. The highest BCUT2D eigenvalue weighted by Crippen LogP contribution is 2.09. The number of nitrogens with zero attached hydrogens (tertiary/aromatic N) is 5. The Morgan fingerprint density at radius 3 is 2.93 bits per heavy atom. The second kappa shape index (κ2) is 3.38.